The summed E-state index contributed by atoms with van der Waals surface area (Å²) in [6, 6.07) is 15.8. The van der Waals surface area contributed by atoms with E-state index in [4.69, 9.17) is 0 Å². The fraction of sp³-hybridized carbons (Fsp3) is 0.391. The van der Waals surface area contributed by atoms with Crippen LogP contribution in [0, 0.1) is 5.82 Å². The summed E-state index contributed by atoms with van der Waals surface area (Å²) in [6.45, 7) is 3.03. The van der Waals surface area contributed by atoms with Crippen LogP contribution in [0.25, 0.3) is 0 Å². The Hall–Kier alpha value is -2.77. The zero-order chi connectivity index (χ0) is 20.9. The molecule has 4 rings (SSSR count). The number of nitrogens with zero attached hydrogens (tertiary/aromatic N) is 2. The SMILES string of the molecule is O=C(CN1CCN([C@H](C(=O)NC2CC2)c2ccccc2)CC1)Nc1cccc(F)c1. The fourth-order valence-electron chi connectivity index (χ4n) is 3.82. The third-order valence-electron chi connectivity index (χ3n) is 5.54. The zero-order valence-corrected chi connectivity index (χ0v) is 16.9. The highest BCUT2D eigenvalue weighted by Gasteiger charge is 2.33. The van der Waals surface area contributed by atoms with Crippen LogP contribution in [-0.4, -0.2) is 60.4 Å². The molecule has 0 spiro atoms. The van der Waals surface area contributed by atoms with Crippen LogP contribution in [-0.2, 0) is 9.59 Å². The van der Waals surface area contributed by atoms with Gasteiger partial charge in [0.1, 0.15) is 11.9 Å². The molecule has 2 aromatic rings. The quantitative estimate of drug-likeness (QED) is 0.736. The van der Waals surface area contributed by atoms with Crippen molar-refractivity contribution in [3.63, 3.8) is 0 Å². The molecule has 0 unspecified atom stereocenters. The van der Waals surface area contributed by atoms with E-state index >= 15 is 0 Å². The molecule has 2 N–H and O–H groups in total. The van der Waals surface area contributed by atoms with Gasteiger partial charge < -0.3 is 10.6 Å². The molecule has 2 fully saturated rings. The zero-order valence-electron chi connectivity index (χ0n) is 16.9. The van der Waals surface area contributed by atoms with E-state index < -0.39 is 0 Å². The highest BCUT2D eigenvalue weighted by atomic mass is 19.1. The van der Waals surface area contributed by atoms with Gasteiger partial charge in [-0.1, -0.05) is 36.4 Å². The van der Waals surface area contributed by atoms with E-state index in [1.807, 2.05) is 30.3 Å². The lowest BCUT2D eigenvalue weighted by Gasteiger charge is -2.38. The molecule has 7 heteroatoms. The van der Waals surface area contributed by atoms with Crippen LogP contribution < -0.4 is 10.6 Å². The Morgan fingerprint density at radius 2 is 1.73 bits per heavy atom. The van der Waals surface area contributed by atoms with Crippen LogP contribution in [0.5, 0.6) is 0 Å². The normalized spacial score (nSPS) is 18.6. The van der Waals surface area contributed by atoms with E-state index in [0.717, 1.165) is 18.4 Å². The number of hydrogen-bond donors (Lipinski definition) is 2. The number of amides is 2. The Bertz CT molecular complexity index is 880. The average Bonchev–Trinajstić information content (AvgIpc) is 3.54. The van der Waals surface area contributed by atoms with Crippen molar-refractivity contribution in [1.29, 1.82) is 0 Å². The molecule has 1 saturated carbocycles. The Morgan fingerprint density at radius 1 is 1.00 bits per heavy atom. The molecule has 0 radical (unpaired) electrons. The predicted molar refractivity (Wildman–Crippen MR) is 113 cm³/mol. The second-order valence-electron chi connectivity index (χ2n) is 7.97. The molecule has 30 heavy (non-hydrogen) atoms. The number of anilines is 1. The maximum Gasteiger partial charge on any atom is 0.242 e. The van der Waals surface area contributed by atoms with Gasteiger partial charge in [-0.3, -0.25) is 19.4 Å². The molecule has 6 nitrogen and oxygen atoms in total. The molecule has 2 aliphatic rings. The minimum Gasteiger partial charge on any atom is -0.352 e. The molecule has 0 bridgehead atoms. The Labute approximate surface area is 176 Å². The molecule has 2 amide bonds. The predicted octanol–water partition coefficient (Wildman–Crippen LogP) is 2.40. The summed E-state index contributed by atoms with van der Waals surface area (Å²) in [5.41, 5.74) is 1.45. The molecule has 2 aromatic carbocycles. The monoisotopic (exact) mass is 410 g/mol. The number of halogens is 1. The highest BCUT2D eigenvalue weighted by Crippen LogP contribution is 2.26. The molecule has 1 aliphatic heterocycles. The van der Waals surface area contributed by atoms with Gasteiger partial charge in [-0.25, -0.2) is 4.39 Å². The topological polar surface area (TPSA) is 64.7 Å². The minimum absolute atomic E-state index is 0.0565. The lowest BCUT2D eigenvalue weighted by Crippen LogP contribution is -2.52. The maximum atomic E-state index is 13.3. The van der Waals surface area contributed by atoms with Gasteiger partial charge in [0.25, 0.3) is 0 Å². The smallest absolute Gasteiger partial charge is 0.242 e. The van der Waals surface area contributed by atoms with Crippen molar-refractivity contribution in [2.24, 2.45) is 0 Å². The van der Waals surface area contributed by atoms with E-state index in [9.17, 15) is 14.0 Å². The standard InChI is InChI=1S/C23H27FN4O2/c24-18-7-4-8-20(15-18)25-21(29)16-27-11-13-28(14-12-27)22(17-5-2-1-3-6-17)23(30)26-19-9-10-19/h1-8,15,19,22H,9-14,16H2,(H,25,29)(H,26,30)/t22-/m0/s1. The van der Waals surface area contributed by atoms with Crippen LogP contribution in [0.3, 0.4) is 0 Å². The first-order valence-corrected chi connectivity index (χ1v) is 10.5. The molecule has 0 aromatic heterocycles. The molecular formula is C23H27FN4O2. The largest absolute Gasteiger partial charge is 0.352 e. The number of piperazine rings is 1. The Kier molecular flexibility index (Phi) is 6.40. The Balaban J connectivity index is 1.33. The summed E-state index contributed by atoms with van der Waals surface area (Å²) in [7, 11) is 0. The summed E-state index contributed by atoms with van der Waals surface area (Å²) in [6.07, 6.45) is 2.11. The van der Waals surface area contributed by atoms with Crippen molar-refractivity contribution < 1.29 is 14.0 Å². The lowest BCUT2D eigenvalue weighted by atomic mass is 10.0. The molecule has 1 aliphatic carbocycles. The van der Waals surface area contributed by atoms with Gasteiger partial charge in [0.15, 0.2) is 0 Å². The highest BCUT2D eigenvalue weighted by molar-refractivity contribution is 5.92. The first-order chi connectivity index (χ1) is 14.6. The van der Waals surface area contributed by atoms with Gasteiger partial charge in [-0.05, 0) is 36.6 Å². The van der Waals surface area contributed by atoms with Gasteiger partial charge >= 0.3 is 0 Å². The van der Waals surface area contributed by atoms with Gasteiger partial charge in [0.05, 0.1) is 6.54 Å². The summed E-state index contributed by atoms with van der Waals surface area (Å²) in [5, 5.41) is 5.87. The van der Waals surface area contributed by atoms with Crippen molar-refractivity contribution in [1.82, 2.24) is 15.1 Å². The van der Waals surface area contributed by atoms with Crippen LogP contribution in [0.4, 0.5) is 10.1 Å². The third kappa shape index (κ3) is 5.43. The Morgan fingerprint density at radius 3 is 2.40 bits per heavy atom. The van der Waals surface area contributed by atoms with Gasteiger partial charge in [-0.2, -0.15) is 0 Å². The van der Waals surface area contributed by atoms with Gasteiger partial charge in [0.2, 0.25) is 11.8 Å². The molecule has 158 valence electrons. The fourth-order valence-corrected chi connectivity index (χ4v) is 3.82. The lowest BCUT2D eigenvalue weighted by molar-refractivity contribution is -0.128. The number of hydrogen-bond acceptors (Lipinski definition) is 4. The van der Waals surface area contributed by atoms with Crippen LogP contribution in [0.1, 0.15) is 24.4 Å². The second-order valence-corrected chi connectivity index (χ2v) is 7.97. The third-order valence-corrected chi connectivity index (χ3v) is 5.54. The number of nitrogens with one attached hydrogen (secondary N) is 2. The van der Waals surface area contributed by atoms with Crippen LogP contribution in [0.2, 0.25) is 0 Å². The minimum atomic E-state index is -0.377. The van der Waals surface area contributed by atoms with E-state index in [1.165, 1.54) is 12.1 Å². The van der Waals surface area contributed by atoms with Crippen LogP contribution >= 0.6 is 0 Å². The van der Waals surface area contributed by atoms with E-state index in [-0.39, 0.29) is 30.2 Å². The first-order valence-electron chi connectivity index (χ1n) is 10.5. The van der Waals surface area contributed by atoms with E-state index in [1.54, 1.807) is 12.1 Å². The maximum absolute atomic E-state index is 13.3. The van der Waals surface area contributed by atoms with Crippen molar-refractivity contribution in [2.45, 2.75) is 24.9 Å². The van der Waals surface area contributed by atoms with Crippen molar-refractivity contribution >= 4 is 17.5 Å². The van der Waals surface area contributed by atoms with E-state index in [0.29, 0.717) is 37.9 Å². The summed E-state index contributed by atoms with van der Waals surface area (Å²) < 4.78 is 13.3. The summed E-state index contributed by atoms with van der Waals surface area (Å²) in [4.78, 5) is 29.5. The van der Waals surface area contributed by atoms with Crippen molar-refractivity contribution in [3.8, 4) is 0 Å². The van der Waals surface area contributed by atoms with E-state index in [2.05, 4.69) is 20.4 Å². The molecular weight excluding hydrogens is 383 g/mol. The number of carbonyl (C=O) groups excluding carboxylic acids is 2. The number of rotatable bonds is 7. The first kappa shape index (κ1) is 20.5. The summed E-state index contributed by atoms with van der Waals surface area (Å²) >= 11 is 0. The molecule has 1 saturated heterocycles. The second kappa shape index (κ2) is 9.36. The van der Waals surface area contributed by atoms with Crippen molar-refractivity contribution in [3.05, 3.63) is 66.0 Å². The number of benzene rings is 2. The van der Waals surface area contributed by atoms with Crippen LogP contribution in [0.15, 0.2) is 54.6 Å². The summed E-state index contributed by atoms with van der Waals surface area (Å²) in [5.74, 6) is -0.487. The van der Waals surface area contributed by atoms with Gasteiger partial charge in [-0.15, -0.1) is 0 Å². The molecule has 1 atom stereocenters. The average molecular weight is 410 g/mol. The van der Waals surface area contributed by atoms with Crippen molar-refractivity contribution in [2.75, 3.05) is 38.0 Å². The molecule has 1 heterocycles. The number of carbonyl (C=O) groups is 2. The van der Waals surface area contributed by atoms with Gasteiger partial charge in [0, 0.05) is 37.9 Å².